The van der Waals surface area contributed by atoms with E-state index in [1.807, 2.05) is 30.3 Å². The van der Waals surface area contributed by atoms with Crippen molar-refractivity contribution in [2.45, 2.75) is 19.6 Å². The largest absolute Gasteiger partial charge is 0.326 e. The van der Waals surface area contributed by atoms with Crippen molar-refractivity contribution in [3.8, 4) is 0 Å². The van der Waals surface area contributed by atoms with Crippen LogP contribution < -0.4 is 4.72 Å². The number of anilines is 1. The minimum atomic E-state index is -3.30. The van der Waals surface area contributed by atoms with Crippen LogP contribution in [0.15, 0.2) is 42.5 Å². The van der Waals surface area contributed by atoms with E-state index in [4.69, 9.17) is 16.6 Å². The predicted molar refractivity (Wildman–Crippen MR) is 104 cm³/mol. The first-order valence-electron chi connectivity index (χ1n) is 8.32. The predicted octanol–water partition coefficient (Wildman–Crippen LogP) is 3.08. The molecule has 0 unspecified atom stereocenters. The molecule has 0 bridgehead atoms. The highest BCUT2D eigenvalue weighted by atomic mass is 35.5. The summed E-state index contributed by atoms with van der Waals surface area (Å²) in [6.45, 7) is 3.26. The Bertz CT molecular complexity index is 1080. The number of halogens is 1. The van der Waals surface area contributed by atoms with Crippen LogP contribution in [0.25, 0.3) is 11.0 Å². The SMILES string of the molecule is CS(=O)(=O)Nc1ccc2c(c1)nc1n2CCN(Cc2ccccc2Cl)C1. The lowest BCUT2D eigenvalue weighted by Crippen LogP contribution is -2.33. The van der Waals surface area contributed by atoms with Gasteiger partial charge in [-0.05, 0) is 29.8 Å². The van der Waals surface area contributed by atoms with Gasteiger partial charge in [0.05, 0.1) is 29.5 Å². The molecule has 0 amide bonds. The summed E-state index contributed by atoms with van der Waals surface area (Å²) in [6, 6.07) is 13.4. The minimum Gasteiger partial charge on any atom is -0.326 e. The minimum absolute atomic E-state index is 0.531. The molecule has 1 aliphatic heterocycles. The zero-order valence-electron chi connectivity index (χ0n) is 14.3. The van der Waals surface area contributed by atoms with Crippen molar-refractivity contribution < 1.29 is 8.42 Å². The second-order valence-corrected chi connectivity index (χ2v) is 8.72. The van der Waals surface area contributed by atoms with Crippen LogP contribution in [0.4, 0.5) is 5.69 Å². The fourth-order valence-corrected chi connectivity index (χ4v) is 4.10. The Labute approximate surface area is 157 Å². The molecule has 0 radical (unpaired) electrons. The van der Waals surface area contributed by atoms with Gasteiger partial charge in [0.2, 0.25) is 10.0 Å². The summed E-state index contributed by atoms with van der Waals surface area (Å²) in [5, 5.41) is 0.781. The van der Waals surface area contributed by atoms with E-state index < -0.39 is 10.0 Å². The van der Waals surface area contributed by atoms with Crippen LogP contribution in [-0.2, 0) is 29.7 Å². The van der Waals surface area contributed by atoms with Gasteiger partial charge in [0.15, 0.2) is 0 Å². The lowest BCUT2D eigenvalue weighted by molar-refractivity contribution is 0.211. The molecule has 3 aromatic rings. The molecule has 6 nitrogen and oxygen atoms in total. The molecule has 0 saturated carbocycles. The maximum absolute atomic E-state index is 11.4. The molecular formula is C18H19ClN4O2S. The lowest BCUT2D eigenvalue weighted by atomic mass is 10.2. The summed E-state index contributed by atoms with van der Waals surface area (Å²) in [7, 11) is -3.30. The smallest absolute Gasteiger partial charge is 0.229 e. The molecule has 0 saturated heterocycles. The molecule has 136 valence electrons. The van der Waals surface area contributed by atoms with Crippen LogP contribution in [-0.4, -0.2) is 35.7 Å². The fraction of sp³-hybridized carbons (Fsp3) is 0.278. The quantitative estimate of drug-likeness (QED) is 0.743. The van der Waals surface area contributed by atoms with Gasteiger partial charge >= 0.3 is 0 Å². The number of benzene rings is 2. The molecule has 1 aliphatic rings. The fourth-order valence-electron chi connectivity index (χ4n) is 3.35. The molecule has 2 aromatic carbocycles. The van der Waals surface area contributed by atoms with Crippen molar-refractivity contribution in [3.05, 3.63) is 58.9 Å². The monoisotopic (exact) mass is 390 g/mol. The van der Waals surface area contributed by atoms with Crippen molar-refractivity contribution in [2.75, 3.05) is 17.5 Å². The number of nitrogens with one attached hydrogen (secondary N) is 1. The highest BCUT2D eigenvalue weighted by Gasteiger charge is 2.21. The van der Waals surface area contributed by atoms with Crippen LogP contribution >= 0.6 is 11.6 Å². The van der Waals surface area contributed by atoms with E-state index >= 15 is 0 Å². The van der Waals surface area contributed by atoms with Crippen molar-refractivity contribution in [1.82, 2.24) is 14.5 Å². The topological polar surface area (TPSA) is 67.2 Å². The first-order valence-corrected chi connectivity index (χ1v) is 10.6. The van der Waals surface area contributed by atoms with Gasteiger partial charge in [-0.2, -0.15) is 0 Å². The van der Waals surface area contributed by atoms with Crippen molar-refractivity contribution in [2.24, 2.45) is 0 Å². The average molecular weight is 391 g/mol. The number of fused-ring (bicyclic) bond motifs is 3. The molecule has 2 heterocycles. The second kappa shape index (κ2) is 6.57. The number of nitrogens with zero attached hydrogens (tertiary/aromatic N) is 3. The van der Waals surface area contributed by atoms with Crippen LogP contribution in [0.1, 0.15) is 11.4 Å². The van der Waals surface area contributed by atoms with E-state index in [0.717, 1.165) is 59.9 Å². The van der Waals surface area contributed by atoms with Gasteiger partial charge in [0, 0.05) is 24.7 Å². The average Bonchev–Trinajstić information content (AvgIpc) is 2.92. The third-order valence-corrected chi connectivity index (χ3v) is 5.46. The number of rotatable bonds is 4. The van der Waals surface area contributed by atoms with E-state index in [9.17, 15) is 8.42 Å². The zero-order chi connectivity index (χ0) is 18.3. The van der Waals surface area contributed by atoms with E-state index in [0.29, 0.717) is 5.69 Å². The maximum Gasteiger partial charge on any atom is 0.229 e. The van der Waals surface area contributed by atoms with Crippen LogP contribution in [0.2, 0.25) is 5.02 Å². The van der Waals surface area contributed by atoms with Gasteiger partial charge in [-0.15, -0.1) is 0 Å². The standard InChI is InChI=1S/C18H19ClN4O2S/c1-26(24,25)21-14-6-7-17-16(10-14)20-18-12-22(8-9-23(17)18)11-13-4-2-3-5-15(13)19/h2-7,10,21H,8-9,11-12H2,1H3. The third-order valence-electron chi connectivity index (χ3n) is 4.49. The van der Waals surface area contributed by atoms with E-state index in [1.165, 1.54) is 0 Å². The summed E-state index contributed by atoms with van der Waals surface area (Å²) in [5.74, 6) is 0.981. The van der Waals surface area contributed by atoms with Gasteiger partial charge in [-0.3, -0.25) is 9.62 Å². The van der Waals surface area contributed by atoms with Crippen molar-refractivity contribution >= 4 is 38.3 Å². The van der Waals surface area contributed by atoms with Gasteiger partial charge in [0.1, 0.15) is 5.82 Å². The number of sulfonamides is 1. The molecule has 1 aromatic heterocycles. The van der Waals surface area contributed by atoms with E-state index in [1.54, 1.807) is 12.1 Å². The summed E-state index contributed by atoms with van der Waals surface area (Å²) >= 11 is 6.27. The number of aromatic nitrogens is 2. The molecule has 0 atom stereocenters. The van der Waals surface area contributed by atoms with E-state index in [-0.39, 0.29) is 0 Å². The molecule has 1 N–H and O–H groups in total. The maximum atomic E-state index is 11.4. The summed E-state index contributed by atoms with van der Waals surface area (Å²) in [5.41, 5.74) is 3.46. The van der Waals surface area contributed by atoms with Gasteiger partial charge in [-0.25, -0.2) is 13.4 Å². The molecular weight excluding hydrogens is 372 g/mol. The molecule has 4 rings (SSSR count). The van der Waals surface area contributed by atoms with Crippen molar-refractivity contribution in [1.29, 1.82) is 0 Å². The summed E-state index contributed by atoms with van der Waals surface area (Å²) in [4.78, 5) is 7.03. The first-order chi connectivity index (χ1) is 12.4. The zero-order valence-corrected chi connectivity index (χ0v) is 15.9. The summed E-state index contributed by atoms with van der Waals surface area (Å²) < 4.78 is 27.5. The van der Waals surface area contributed by atoms with E-state index in [2.05, 4.69) is 14.2 Å². The highest BCUT2D eigenvalue weighted by Crippen LogP contribution is 2.25. The Morgan fingerprint density at radius 2 is 2.00 bits per heavy atom. The Hall–Kier alpha value is -2.09. The van der Waals surface area contributed by atoms with Gasteiger partial charge < -0.3 is 4.57 Å². The molecule has 0 aliphatic carbocycles. The third kappa shape index (κ3) is 3.56. The lowest BCUT2D eigenvalue weighted by Gasteiger charge is -2.28. The molecule has 0 fully saturated rings. The molecule has 8 heteroatoms. The van der Waals surface area contributed by atoms with Gasteiger partial charge in [-0.1, -0.05) is 29.8 Å². The Morgan fingerprint density at radius 3 is 2.77 bits per heavy atom. The number of hydrogen-bond acceptors (Lipinski definition) is 4. The normalized spacial score (nSPS) is 15.2. The molecule has 0 spiro atoms. The Balaban J connectivity index is 1.59. The second-order valence-electron chi connectivity index (χ2n) is 6.56. The first kappa shape index (κ1) is 17.3. The van der Waals surface area contributed by atoms with Crippen LogP contribution in [0.5, 0.6) is 0 Å². The van der Waals surface area contributed by atoms with Crippen molar-refractivity contribution in [3.63, 3.8) is 0 Å². The molecule has 26 heavy (non-hydrogen) atoms. The van der Waals surface area contributed by atoms with Crippen LogP contribution in [0.3, 0.4) is 0 Å². The summed E-state index contributed by atoms with van der Waals surface area (Å²) in [6.07, 6.45) is 1.14. The van der Waals surface area contributed by atoms with Crippen LogP contribution in [0, 0.1) is 0 Å². The Kier molecular flexibility index (Phi) is 4.38. The number of hydrogen-bond donors (Lipinski definition) is 1. The highest BCUT2D eigenvalue weighted by molar-refractivity contribution is 7.92. The number of imidazole rings is 1. The Morgan fingerprint density at radius 1 is 1.19 bits per heavy atom. The van der Waals surface area contributed by atoms with Gasteiger partial charge in [0.25, 0.3) is 0 Å².